The number of rotatable bonds is 5. The molecule has 1 N–H and O–H groups in total. The third kappa shape index (κ3) is 2.64. The SMILES string of the molecule is COC(=O)C1=C(NCc2cccc(OC)c2)CC1. The molecule has 0 saturated carbocycles. The molecule has 2 rings (SSSR count). The normalized spacial score (nSPS) is 13.9. The van der Waals surface area contributed by atoms with Gasteiger partial charge in [0.2, 0.25) is 0 Å². The van der Waals surface area contributed by atoms with E-state index in [-0.39, 0.29) is 5.97 Å². The first-order chi connectivity index (χ1) is 8.74. The van der Waals surface area contributed by atoms with E-state index in [1.54, 1.807) is 7.11 Å². The van der Waals surface area contributed by atoms with Crippen molar-refractivity contribution < 1.29 is 14.3 Å². The summed E-state index contributed by atoms with van der Waals surface area (Å²) in [6.07, 6.45) is 1.71. The van der Waals surface area contributed by atoms with E-state index in [9.17, 15) is 4.79 Å². The molecular weight excluding hydrogens is 230 g/mol. The Morgan fingerprint density at radius 1 is 1.33 bits per heavy atom. The molecule has 0 atom stereocenters. The van der Waals surface area contributed by atoms with Crippen LogP contribution in [0.15, 0.2) is 35.5 Å². The molecule has 0 heterocycles. The molecule has 0 aromatic heterocycles. The molecule has 18 heavy (non-hydrogen) atoms. The number of ether oxygens (including phenoxy) is 2. The smallest absolute Gasteiger partial charge is 0.335 e. The van der Waals surface area contributed by atoms with Crippen LogP contribution >= 0.6 is 0 Å². The lowest BCUT2D eigenvalue weighted by molar-refractivity contribution is -0.136. The summed E-state index contributed by atoms with van der Waals surface area (Å²) < 4.78 is 9.88. The van der Waals surface area contributed by atoms with E-state index in [0.717, 1.165) is 35.4 Å². The molecule has 0 radical (unpaired) electrons. The summed E-state index contributed by atoms with van der Waals surface area (Å²) in [5, 5.41) is 3.28. The molecule has 1 aliphatic carbocycles. The fourth-order valence-electron chi connectivity index (χ4n) is 1.91. The molecule has 1 aliphatic rings. The fraction of sp³-hybridized carbons (Fsp3) is 0.357. The van der Waals surface area contributed by atoms with Gasteiger partial charge in [0.05, 0.1) is 19.8 Å². The number of benzene rings is 1. The van der Waals surface area contributed by atoms with E-state index in [0.29, 0.717) is 6.54 Å². The minimum Gasteiger partial charge on any atom is -0.497 e. The summed E-state index contributed by atoms with van der Waals surface area (Å²) >= 11 is 0. The molecule has 0 spiro atoms. The number of esters is 1. The second-order valence-electron chi connectivity index (χ2n) is 4.15. The summed E-state index contributed by atoms with van der Waals surface area (Å²) in [5.41, 5.74) is 2.88. The molecule has 1 aromatic rings. The quantitative estimate of drug-likeness (QED) is 0.808. The Morgan fingerprint density at radius 3 is 2.78 bits per heavy atom. The minimum absolute atomic E-state index is 0.227. The maximum absolute atomic E-state index is 11.4. The lowest BCUT2D eigenvalue weighted by atomic mass is 9.94. The van der Waals surface area contributed by atoms with Crippen molar-refractivity contribution >= 4 is 5.97 Å². The first-order valence-corrected chi connectivity index (χ1v) is 5.91. The molecule has 0 fully saturated rings. The number of carbonyl (C=O) groups excluding carboxylic acids is 1. The Hall–Kier alpha value is -1.97. The summed E-state index contributed by atoms with van der Waals surface area (Å²) in [6.45, 7) is 0.688. The van der Waals surface area contributed by atoms with Crippen molar-refractivity contribution in [2.75, 3.05) is 14.2 Å². The van der Waals surface area contributed by atoms with Crippen LogP contribution in [0.2, 0.25) is 0 Å². The maximum Gasteiger partial charge on any atom is 0.335 e. The first-order valence-electron chi connectivity index (χ1n) is 5.91. The Bertz CT molecular complexity index is 480. The van der Waals surface area contributed by atoms with Crippen molar-refractivity contribution in [3.63, 3.8) is 0 Å². The van der Waals surface area contributed by atoms with E-state index in [4.69, 9.17) is 9.47 Å². The largest absolute Gasteiger partial charge is 0.497 e. The van der Waals surface area contributed by atoms with Crippen LogP contribution in [0.5, 0.6) is 5.75 Å². The van der Waals surface area contributed by atoms with Crippen molar-refractivity contribution in [2.45, 2.75) is 19.4 Å². The molecule has 0 aliphatic heterocycles. The van der Waals surface area contributed by atoms with Gasteiger partial charge in [-0.05, 0) is 30.5 Å². The highest BCUT2D eigenvalue weighted by atomic mass is 16.5. The molecular formula is C14H17NO3. The second kappa shape index (κ2) is 5.58. The molecule has 4 nitrogen and oxygen atoms in total. The lowest BCUT2D eigenvalue weighted by Crippen LogP contribution is -2.25. The summed E-state index contributed by atoms with van der Waals surface area (Å²) in [4.78, 5) is 11.4. The second-order valence-corrected chi connectivity index (χ2v) is 4.15. The van der Waals surface area contributed by atoms with Crippen molar-refractivity contribution in [3.05, 3.63) is 41.1 Å². The third-order valence-corrected chi connectivity index (χ3v) is 3.06. The van der Waals surface area contributed by atoms with Crippen LogP contribution in [0.25, 0.3) is 0 Å². The van der Waals surface area contributed by atoms with Crippen LogP contribution in [0.4, 0.5) is 0 Å². The van der Waals surface area contributed by atoms with Gasteiger partial charge in [-0.2, -0.15) is 0 Å². The molecule has 0 saturated heterocycles. The van der Waals surface area contributed by atoms with Gasteiger partial charge in [0.1, 0.15) is 5.75 Å². The lowest BCUT2D eigenvalue weighted by Gasteiger charge is -2.23. The van der Waals surface area contributed by atoms with Crippen LogP contribution in [0.3, 0.4) is 0 Å². The van der Waals surface area contributed by atoms with Crippen LogP contribution in [-0.2, 0) is 16.1 Å². The molecule has 0 unspecified atom stereocenters. The number of hydrogen-bond donors (Lipinski definition) is 1. The van der Waals surface area contributed by atoms with E-state index in [2.05, 4.69) is 5.32 Å². The molecule has 96 valence electrons. The Balaban J connectivity index is 1.97. The highest BCUT2D eigenvalue weighted by molar-refractivity contribution is 5.90. The Labute approximate surface area is 107 Å². The molecule has 0 amide bonds. The predicted octanol–water partition coefficient (Wildman–Crippen LogP) is 2.01. The van der Waals surface area contributed by atoms with E-state index >= 15 is 0 Å². The standard InChI is InChI=1S/C14H17NO3/c1-17-11-5-3-4-10(8-11)9-15-13-7-6-12(13)14(16)18-2/h3-5,8,15H,6-7,9H2,1-2H3. The average molecular weight is 247 g/mol. The zero-order chi connectivity index (χ0) is 13.0. The van der Waals surface area contributed by atoms with E-state index < -0.39 is 0 Å². The van der Waals surface area contributed by atoms with Gasteiger partial charge >= 0.3 is 5.97 Å². The van der Waals surface area contributed by atoms with Crippen LogP contribution in [0.1, 0.15) is 18.4 Å². The summed E-state index contributed by atoms with van der Waals surface area (Å²) in [6, 6.07) is 7.86. The van der Waals surface area contributed by atoms with Gasteiger partial charge in [-0.3, -0.25) is 0 Å². The molecule has 0 bridgehead atoms. The van der Waals surface area contributed by atoms with Gasteiger partial charge in [0, 0.05) is 12.2 Å². The van der Waals surface area contributed by atoms with Gasteiger partial charge in [0.15, 0.2) is 0 Å². The van der Waals surface area contributed by atoms with E-state index in [1.165, 1.54) is 7.11 Å². The number of nitrogens with one attached hydrogen (secondary N) is 1. The number of methoxy groups -OCH3 is 2. The Kier molecular flexibility index (Phi) is 3.87. The zero-order valence-electron chi connectivity index (χ0n) is 10.7. The van der Waals surface area contributed by atoms with Gasteiger partial charge in [0.25, 0.3) is 0 Å². The monoisotopic (exact) mass is 247 g/mol. The van der Waals surface area contributed by atoms with Crippen molar-refractivity contribution in [1.82, 2.24) is 5.32 Å². The first kappa shape index (κ1) is 12.5. The van der Waals surface area contributed by atoms with Crippen molar-refractivity contribution in [3.8, 4) is 5.75 Å². The van der Waals surface area contributed by atoms with Crippen molar-refractivity contribution in [1.29, 1.82) is 0 Å². The van der Waals surface area contributed by atoms with Gasteiger partial charge in [-0.25, -0.2) is 4.79 Å². The third-order valence-electron chi connectivity index (χ3n) is 3.06. The highest BCUT2D eigenvalue weighted by Gasteiger charge is 2.23. The van der Waals surface area contributed by atoms with Crippen molar-refractivity contribution in [2.24, 2.45) is 0 Å². The number of allylic oxidation sites excluding steroid dienone is 1. The summed E-state index contributed by atoms with van der Waals surface area (Å²) in [5.74, 6) is 0.611. The maximum atomic E-state index is 11.4. The van der Waals surface area contributed by atoms with Crippen LogP contribution in [0, 0.1) is 0 Å². The van der Waals surface area contributed by atoms with Gasteiger partial charge < -0.3 is 14.8 Å². The number of hydrogen-bond acceptors (Lipinski definition) is 4. The highest BCUT2D eigenvalue weighted by Crippen LogP contribution is 2.26. The van der Waals surface area contributed by atoms with Crippen LogP contribution in [-0.4, -0.2) is 20.2 Å². The van der Waals surface area contributed by atoms with E-state index in [1.807, 2.05) is 24.3 Å². The van der Waals surface area contributed by atoms with Crippen LogP contribution < -0.4 is 10.1 Å². The summed E-state index contributed by atoms with van der Waals surface area (Å²) in [7, 11) is 3.06. The molecule has 1 aromatic carbocycles. The minimum atomic E-state index is -0.227. The predicted molar refractivity (Wildman–Crippen MR) is 68.1 cm³/mol. The topological polar surface area (TPSA) is 47.6 Å². The van der Waals surface area contributed by atoms with Gasteiger partial charge in [-0.15, -0.1) is 0 Å². The number of carbonyl (C=O) groups is 1. The zero-order valence-corrected chi connectivity index (χ0v) is 10.7. The molecule has 4 heteroatoms. The Morgan fingerprint density at radius 2 is 2.17 bits per heavy atom. The van der Waals surface area contributed by atoms with Gasteiger partial charge in [-0.1, -0.05) is 12.1 Å². The fourth-order valence-corrected chi connectivity index (χ4v) is 1.91. The average Bonchev–Trinajstić information content (AvgIpc) is 2.37.